The first kappa shape index (κ1) is 14.3. The van der Waals surface area contributed by atoms with Gasteiger partial charge in [0.05, 0.1) is 11.9 Å². The Bertz CT molecular complexity index is 893. The van der Waals surface area contributed by atoms with Crippen LogP contribution in [0.3, 0.4) is 0 Å². The van der Waals surface area contributed by atoms with Crippen molar-refractivity contribution in [2.24, 2.45) is 5.73 Å². The Kier molecular flexibility index (Phi) is 3.64. The first-order valence-corrected chi connectivity index (χ1v) is 6.63. The number of pyridine rings is 1. The van der Waals surface area contributed by atoms with Crippen LogP contribution in [0.2, 0.25) is 0 Å². The van der Waals surface area contributed by atoms with Crippen molar-refractivity contribution in [3.8, 4) is 5.69 Å². The molecule has 0 radical (unpaired) electrons. The van der Waals surface area contributed by atoms with Crippen LogP contribution < -0.4 is 11.3 Å². The number of hydrogen-bond acceptors (Lipinski definition) is 4. The van der Waals surface area contributed by atoms with Crippen LogP contribution in [0.4, 0.5) is 8.78 Å². The summed E-state index contributed by atoms with van der Waals surface area (Å²) in [6.07, 6.45) is 3.24. The van der Waals surface area contributed by atoms with Crippen molar-refractivity contribution in [3.63, 3.8) is 0 Å². The minimum Gasteiger partial charge on any atom is -0.330 e. The maximum absolute atomic E-state index is 14.0. The third kappa shape index (κ3) is 2.25. The number of aromatic nitrogens is 3. The van der Waals surface area contributed by atoms with Crippen LogP contribution >= 0.6 is 0 Å². The highest BCUT2D eigenvalue weighted by Crippen LogP contribution is 2.18. The molecular weight excluding hydrogens is 290 g/mol. The number of fused-ring (bicyclic) bond motifs is 1. The minimum absolute atomic E-state index is 0.217. The highest BCUT2D eigenvalue weighted by molar-refractivity contribution is 5.79. The zero-order valence-corrected chi connectivity index (χ0v) is 11.5. The summed E-state index contributed by atoms with van der Waals surface area (Å²) in [4.78, 5) is 20.7. The van der Waals surface area contributed by atoms with E-state index in [1.54, 1.807) is 18.3 Å². The smallest absolute Gasteiger partial charge is 0.269 e. The van der Waals surface area contributed by atoms with Gasteiger partial charge >= 0.3 is 0 Å². The fraction of sp³-hybridized carbons (Fsp3) is 0.133. The van der Waals surface area contributed by atoms with Crippen LogP contribution in [0.5, 0.6) is 0 Å². The molecule has 1 aromatic carbocycles. The number of nitrogens with zero attached hydrogens (tertiary/aromatic N) is 3. The molecule has 2 N–H and O–H groups in total. The Morgan fingerprint density at radius 1 is 1.18 bits per heavy atom. The lowest BCUT2D eigenvalue weighted by Crippen LogP contribution is -2.26. The lowest BCUT2D eigenvalue weighted by Gasteiger charge is -2.13. The van der Waals surface area contributed by atoms with Gasteiger partial charge in [-0.2, -0.15) is 0 Å². The first-order valence-electron chi connectivity index (χ1n) is 6.63. The molecule has 3 rings (SSSR count). The van der Waals surface area contributed by atoms with E-state index in [0.717, 1.165) is 12.1 Å². The van der Waals surface area contributed by atoms with Gasteiger partial charge < -0.3 is 5.73 Å². The van der Waals surface area contributed by atoms with Crippen LogP contribution in [0, 0.1) is 11.6 Å². The van der Waals surface area contributed by atoms with Gasteiger partial charge in [-0.05, 0) is 30.8 Å². The molecular formula is C15H12F2N4O. The Morgan fingerprint density at radius 3 is 2.64 bits per heavy atom. The Labute approximate surface area is 124 Å². The van der Waals surface area contributed by atoms with Gasteiger partial charge in [0.1, 0.15) is 28.4 Å². The number of rotatable bonds is 3. The average molecular weight is 302 g/mol. The van der Waals surface area contributed by atoms with Crippen molar-refractivity contribution in [1.29, 1.82) is 0 Å². The van der Waals surface area contributed by atoms with Crippen LogP contribution in [0.15, 0.2) is 41.5 Å². The van der Waals surface area contributed by atoms with E-state index in [2.05, 4.69) is 9.97 Å². The van der Waals surface area contributed by atoms with Crippen molar-refractivity contribution in [1.82, 2.24) is 14.5 Å². The molecule has 0 aliphatic rings. The van der Waals surface area contributed by atoms with Crippen molar-refractivity contribution in [3.05, 3.63) is 64.5 Å². The Morgan fingerprint density at radius 2 is 1.95 bits per heavy atom. The first-order chi connectivity index (χ1) is 10.6. The molecule has 5 nitrogen and oxygen atoms in total. The zero-order valence-electron chi connectivity index (χ0n) is 11.5. The minimum atomic E-state index is -0.814. The fourth-order valence-corrected chi connectivity index (χ4v) is 2.31. The van der Waals surface area contributed by atoms with Gasteiger partial charge in [0.15, 0.2) is 0 Å². The predicted octanol–water partition coefficient (Wildman–Crippen LogP) is 1.56. The highest BCUT2D eigenvalue weighted by atomic mass is 19.1. The van der Waals surface area contributed by atoms with Crippen LogP contribution in [0.25, 0.3) is 16.6 Å². The molecule has 7 heteroatoms. The average Bonchev–Trinajstić information content (AvgIpc) is 2.52. The van der Waals surface area contributed by atoms with Crippen molar-refractivity contribution < 1.29 is 8.78 Å². The topological polar surface area (TPSA) is 73.8 Å². The Balaban J connectivity index is 2.45. The SMILES string of the molecule is NCCc1nc2c(F)ccc(F)c2c(=O)n1-c1cccnc1. The van der Waals surface area contributed by atoms with Gasteiger partial charge in [0.25, 0.3) is 5.56 Å². The maximum atomic E-state index is 14.0. The summed E-state index contributed by atoms with van der Waals surface area (Å²) >= 11 is 0. The van der Waals surface area contributed by atoms with Gasteiger partial charge in [-0.3, -0.25) is 14.3 Å². The van der Waals surface area contributed by atoms with Crippen LogP contribution in [-0.2, 0) is 6.42 Å². The van der Waals surface area contributed by atoms with Crippen LogP contribution in [0.1, 0.15) is 5.82 Å². The highest BCUT2D eigenvalue weighted by Gasteiger charge is 2.18. The molecule has 0 aliphatic heterocycles. The molecule has 0 spiro atoms. The van der Waals surface area contributed by atoms with Gasteiger partial charge in [0, 0.05) is 12.6 Å². The molecule has 22 heavy (non-hydrogen) atoms. The van der Waals surface area contributed by atoms with E-state index in [9.17, 15) is 13.6 Å². The molecule has 2 heterocycles. The van der Waals surface area contributed by atoms with E-state index in [1.165, 1.54) is 10.8 Å². The number of nitrogens with two attached hydrogens (primary N) is 1. The van der Waals surface area contributed by atoms with Gasteiger partial charge in [-0.15, -0.1) is 0 Å². The molecule has 112 valence electrons. The molecule has 3 aromatic rings. The van der Waals surface area contributed by atoms with E-state index in [1.807, 2.05) is 0 Å². The number of hydrogen-bond donors (Lipinski definition) is 1. The van der Waals surface area contributed by atoms with E-state index < -0.39 is 17.2 Å². The third-order valence-corrected chi connectivity index (χ3v) is 3.27. The maximum Gasteiger partial charge on any atom is 0.269 e. The molecule has 2 aromatic heterocycles. The second-order valence-electron chi connectivity index (χ2n) is 4.67. The van der Waals surface area contributed by atoms with E-state index in [4.69, 9.17) is 5.73 Å². The summed E-state index contributed by atoms with van der Waals surface area (Å²) in [5.41, 5.74) is 4.99. The molecule has 0 saturated carbocycles. The van der Waals surface area contributed by atoms with E-state index >= 15 is 0 Å². The van der Waals surface area contributed by atoms with Crippen molar-refractivity contribution >= 4 is 10.9 Å². The van der Waals surface area contributed by atoms with E-state index in [-0.39, 0.29) is 29.7 Å². The molecule has 0 aliphatic carbocycles. The second-order valence-corrected chi connectivity index (χ2v) is 4.67. The van der Waals surface area contributed by atoms with Crippen molar-refractivity contribution in [2.75, 3.05) is 6.54 Å². The number of benzene rings is 1. The fourth-order valence-electron chi connectivity index (χ4n) is 2.31. The molecule has 0 bridgehead atoms. The monoisotopic (exact) mass is 302 g/mol. The van der Waals surface area contributed by atoms with Gasteiger partial charge in [-0.1, -0.05) is 0 Å². The quantitative estimate of drug-likeness (QED) is 0.797. The molecule has 0 atom stereocenters. The summed E-state index contributed by atoms with van der Waals surface area (Å²) in [7, 11) is 0. The Hall–Kier alpha value is -2.67. The predicted molar refractivity (Wildman–Crippen MR) is 77.8 cm³/mol. The summed E-state index contributed by atoms with van der Waals surface area (Å²) in [6.45, 7) is 0.217. The summed E-state index contributed by atoms with van der Waals surface area (Å²) in [6, 6.07) is 5.14. The largest absolute Gasteiger partial charge is 0.330 e. The molecule has 0 saturated heterocycles. The summed E-state index contributed by atoms with van der Waals surface area (Å²) < 4.78 is 29.1. The zero-order chi connectivity index (χ0) is 15.7. The lowest BCUT2D eigenvalue weighted by atomic mass is 10.2. The molecule has 0 fully saturated rings. The standard InChI is InChI=1S/C15H12F2N4O/c16-10-3-4-11(17)14-13(10)15(22)21(12(20-14)5-6-18)9-2-1-7-19-8-9/h1-4,7-8H,5-6,18H2. The summed E-state index contributed by atoms with van der Waals surface area (Å²) in [5.74, 6) is -1.30. The van der Waals surface area contributed by atoms with Crippen molar-refractivity contribution in [2.45, 2.75) is 6.42 Å². The lowest BCUT2D eigenvalue weighted by molar-refractivity contribution is 0.610. The van der Waals surface area contributed by atoms with Gasteiger partial charge in [-0.25, -0.2) is 13.8 Å². The normalized spacial score (nSPS) is 11.0. The second kappa shape index (κ2) is 5.61. The van der Waals surface area contributed by atoms with Crippen LogP contribution in [-0.4, -0.2) is 21.1 Å². The molecule has 0 unspecified atom stereocenters. The number of halogens is 2. The third-order valence-electron chi connectivity index (χ3n) is 3.27. The van der Waals surface area contributed by atoms with Gasteiger partial charge in [0.2, 0.25) is 0 Å². The summed E-state index contributed by atoms with van der Waals surface area (Å²) in [5, 5.41) is -0.385. The molecule has 0 amide bonds. The van der Waals surface area contributed by atoms with E-state index in [0.29, 0.717) is 5.69 Å².